The van der Waals surface area contributed by atoms with Gasteiger partial charge in [0, 0.05) is 17.7 Å². The molecule has 0 radical (unpaired) electrons. The van der Waals surface area contributed by atoms with Gasteiger partial charge in [-0.15, -0.1) is 0 Å². The quantitative estimate of drug-likeness (QED) is 0.749. The maximum Gasteiger partial charge on any atom is 0.251 e. The van der Waals surface area contributed by atoms with Crippen LogP contribution in [-0.4, -0.2) is 17.1 Å². The summed E-state index contributed by atoms with van der Waals surface area (Å²) in [7, 11) is 0. The van der Waals surface area contributed by atoms with E-state index in [-0.39, 0.29) is 23.3 Å². The molecule has 0 aromatic heterocycles. The molecule has 1 saturated carbocycles. The fourth-order valence-electron chi connectivity index (χ4n) is 1.20. The van der Waals surface area contributed by atoms with Crippen molar-refractivity contribution in [1.82, 2.24) is 5.32 Å². The highest BCUT2D eigenvalue weighted by atomic mass is 19.1. The van der Waals surface area contributed by atoms with Gasteiger partial charge in [-0.05, 0) is 25.0 Å². The van der Waals surface area contributed by atoms with Crippen LogP contribution in [0, 0.1) is 5.82 Å². The van der Waals surface area contributed by atoms with Crippen LogP contribution >= 0.6 is 0 Å². The summed E-state index contributed by atoms with van der Waals surface area (Å²) in [5, 5.41) is 11.8. The number of rotatable bonds is 2. The van der Waals surface area contributed by atoms with E-state index < -0.39 is 5.82 Å². The minimum atomic E-state index is -0.606. The molecule has 0 spiro atoms. The van der Waals surface area contributed by atoms with Gasteiger partial charge in [-0.2, -0.15) is 0 Å². The second-order valence-corrected chi connectivity index (χ2v) is 3.45. The lowest BCUT2D eigenvalue weighted by molar-refractivity contribution is 0.0950. The van der Waals surface area contributed by atoms with Crippen LogP contribution in [0.3, 0.4) is 0 Å². The number of carbonyl (C=O) groups excluding carboxylic acids is 1. The van der Waals surface area contributed by atoms with Crippen molar-refractivity contribution in [3.63, 3.8) is 0 Å². The number of aromatic hydroxyl groups is 1. The van der Waals surface area contributed by atoms with Crippen molar-refractivity contribution in [2.75, 3.05) is 0 Å². The monoisotopic (exact) mass is 195 g/mol. The highest BCUT2D eigenvalue weighted by molar-refractivity contribution is 5.94. The third-order valence-corrected chi connectivity index (χ3v) is 2.06. The van der Waals surface area contributed by atoms with Crippen molar-refractivity contribution >= 4 is 5.91 Å². The predicted octanol–water partition coefficient (Wildman–Crippen LogP) is 1.42. The van der Waals surface area contributed by atoms with Gasteiger partial charge in [-0.25, -0.2) is 4.39 Å². The van der Waals surface area contributed by atoms with Gasteiger partial charge >= 0.3 is 0 Å². The lowest BCUT2D eigenvalue weighted by Crippen LogP contribution is -2.25. The molecule has 0 heterocycles. The van der Waals surface area contributed by atoms with Gasteiger partial charge < -0.3 is 10.4 Å². The van der Waals surface area contributed by atoms with Crippen LogP contribution in [0.25, 0.3) is 0 Å². The average molecular weight is 195 g/mol. The Morgan fingerprint density at radius 2 is 2.14 bits per heavy atom. The van der Waals surface area contributed by atoms with Crippen LogP contribution in [0.5, 0.6) is 5.75 Å². The minimum absolute atomic E-state index is 0.161. The van der Waals surface area contributed by atoms with Gasteiger partial charge in [-0.3, -0.25) is 4.79 Å². The Hall–Kier alpha value is -1.58. The van der Waals surface area contributed by atoms with Gasteiger partial charge in [0.2, 0.25) is 0 Å². The molecule has 1 fully saturated rings. The van der Waals surface area contributed by atoms with E-state index in [0.717, 1.165) is 25.0 Å². The third-order valence-electron chi connectivity index (χ3n) is 2.06. The Morgan fingerprint density at radius 3 is 2.71 bits per heavy atom. The molecule has 1 aromatic carbocycles. The molecule has 0 saturated heterocycles. The van der Waals surface area contributed by atoms with E-state index in [1.54, 1.807) is 0 Å². The smallest absolute Gasteiger partial charge is 0.251 e. The van der Waals surface area contributed by atoms with Crippen molar-refractivity contribution in [1.29, 1.82) is 0 Å². The van der Waals surface area contributed by atoms with Gasteiger partial charge in [-0.1, -0.05) is 0 Å². The van der Waals surface area contributed by atoms with Crippen LogP contribution in [-0.2, 0) is 0 Å². The summed E-state index contributed by atoms with van der Waals surface area (Å²) in [6, 6.07) is 3.56. The molecule has 3 nitrogen and oxygen atoms in total. The topological polar surface area (TPSA) is 49.3 Å². The van der Waals surface area contributed by atoms with Crippen molar-refractivity contribution in [2.45, 2.75) is 18.9 Å². The molecule has 74 valence electrons. The van der Waals surface area contributed by atoms with Crippen molar-refractivity contribution in [2.24, 2.45) is 0 Å². The molecule has 14 heavy (non-hydrogen) atoms. The van der Waals surface area contributed by atoms with Gasteiger partial charge in [0.1, 0.15) is 11.6 Å². The highest BCUT2D eigenvalue weighted by Crippen LogP contribution is 2.20. The van der Waals surface area contributed by atoms with Crippen LogP contribution in [0.4, 0.5) is 4.39 Å². The Balaban J connectivity index is 2.17. The van der Waals surface area contributed by atoms with E-state index in [2.05, 4.69) is 5.32 Å². The van der Waals surface area contributed by atoms with Crippen molar-refractivity contribution < 1.29 is 14.3 Å². The molecular weight excluding hydrogens is 185 g/mol. The molecule has 0 atom stereocenters. The fourth-order valence-corrected chi connectivity index (χ4v) is 1.20. The summed E-state index contributed by atoms with van der Waals surface area (Å²) in [4.78, 5) is 11.4. The molecular formula is C10H10FNO2. The van der Waals surface area contributed by atoms with Crippen LogP contribution < -0.4 is 5.32 Å². The number of amides is 1. The summed E-state index contributed by atoms with van der Waals surface area (Å²) < 4.78 is 12.8. The van der Waals surface area contributed by atoms with Gasteiger partial charge in [0.25, 0.3) is 5.91 Å². The molecule has 0 bridgehead atoms. The average Bonchev–Trinajstić information content (AvgIpc) is 2.86. The largest absolute Gasteiger partial charge is 0.508 e. The zero-order valence-corrected chi connectivity index (χ0v) is 7.46. The van der Waals surface area contributed by atoms with Crippen LogP contribution in [0.2, 0.25) is 0 Å². The standard InChI is InChI=1S/C10H10FNO2/c11-7-3-6(4-9(13)5-7)10(14)12-8-1-2-8/h3-5,8,13H,1-2H2,(H,12,14). The number of phenols is 1. The molecule has 4 heteroatoms. The van der Waals surface area contributed by atoms with E-state index in [1.165, 1.54) is 6.07 Å². The first-order valence-electron chi connectivity index (χ1n) is 4.45. The molecule has 1 amide bonds. The molecule has 2 N–H and O–H groups in total. The Morgan fingerprint density at radius 1 is 1.43 bits per heavy atom. The molecule has 1 aliphatic rings. The highest BCUT2D eigenvalue weighted by Gasteiger charge is 2.24. The summed E-state index contributed by atoms with van der Waals surface area (Å²) >= 11 is 0. The first-order valence-corrected chi connectivity index (χ1v) is 4.45. The van der Waals surface area contributed by atoms with E-state index in [1.807, 2.05) is 0 Å². The zero-order valence-electron chi connectivity index (χ0n) is 7.46. The third kappa shape index (κ3) is 2.02. The number of hydrogen-bond acceptors (Lipinski definition) is 2. The van der Waals surface area contributed by atoms with Gasteiger partial charge in [0.05, 0.1) is 0 Å². The number of carbonyl (C=O) groups is 1. The normalized spacial score (nSPS) is 15.2. The Bertz CT molecular complexity index is 354. The second kappa shape index (κ2) is 3.29. The van der Waals surface area contributed by atoms with Crippen LogP contribution in [0.15, 0.2) is 18.2 Å². The summed E-state index contributed by atoms with van der Waals surface area (Å²) in [6.45, 7) is 0. The lowest BCUT2D eigenvalue weighted by Gasteiger charge is -2.03. The van der Waals surface area contributed by atoms with E-state index in [9.17, 15) is 9.18 Å². The zero-order chi connectivity index (χ0) is 10.1. The van der Waals surface area contributed by atoms with E-state index in [4.69, 9.17) is 5.11 Å². The molecule has 0 aliphatic heterocycles. The Labute approximate surface area is 80.6 Å². The maximum absolute atomic E-state index is 12.8. The molecule has 0 unspecified atom stereocenters. The van der Waals surface area contributed by atoms with Gasteiger partial charge in [0.15, 0.2) is 0 Å². The van der Waals surface area contributed by atoms with Crippen LogP contribution in [0.1, 0.15) is 23.2 Å². The van der Waals surface area contributed by atoms with Crippen molar-refractivity contribution in [3.8, 4) is 5.75 Å². The van der Waals surface area contributed by atoms with E-state index >= 15 is 0 Å². The first kappa shape index (κ1) is 8.99. The Kier molecular flexibility index (Phi) is 2.11. The number of halogens is 1. The van der Waals surface area contributed by atoms with E-state index in [0.29, 0.717) is 0 Å². The predicted molar refractivity (Wildman–Crippen MR) is 48.6 cm³/mol. The van der Waals surface area contributed by atoms with Crippen molar-refractivity contribution in [3.05, 3.63) is 29.6 Å². The fraction of sp³-hybridized carbons (Fsp3) is 0.300. The summed E-state index contributed by atoms with van der Waals surface area (Å²) in [5.41, 5.74) is 0.161. The summed E-state index contributed by atoms with van der Waals surface area (Å²) in [6.07, 6.45) is 1.96. The minimum Gasteiger partial charge on any atom is -0.508 e. The number of phenolic OH excluding ortho intramolecular Hbond substituents is 1. The maximum atomic E-state index is 12.8. The lowest BCUT2D eigenvalue weighted by atomic mass is 10.2. The molecule has 2 rings (SSSR count). The molecule has 1 aromatic rings. The first-order chi connectivity index (χ1) is 6.65. The summed E-state index contributed by atoms with van der Waals surface area (Å²) in [5.74, 6) is -1.17. The second-order valence-electron chi connectivity index (χ2n) is 3.45. The number of hydrogen-bond donors (Lipinski definition) is 2. The number of benzene rings is 1. The molecule has 1 aliphatic carbocycles. The number of nitrogens with one attached hydrogen (secondary N) is 1. The SMILES string of the molecule is O=C(NC1CC1)c1cc(O)cc(F)c1.